The van der Waals surface area contributed by atoms with Crippen molar-refractivity contribution in [2.45, 2.75) is 62.8 Å². The number of rotatable bonds is 9. The molecule has 0 aromatic heterocycles. The summed E-state index contributed by atoms with van der Waals surface area (Å²) in [5, 5.41) is 10.7. The monoisotopic (exact) mass is 583 g/mol. The fourth-order valence-corrected chi connectivity index (χ4v) is 7.63. The minimum Gasteiger partial charge on any atom is -0.394 e. The third kappa shape index (κ3) is 4.90. The highest BCUT2D eigenvalue weighted by molar-refractivity contribution is 6.04. The van der Waals surface area contributed by atoms with E-state index in [2.05, 4.69) is 6.92 Å². The lowest BCUT2D eigenvalue weighted by atomic mass is 9.74. The Balaban J connectivity index is 1.45. The zero-order valence-electron chi connectivity index (χ0n) is 25.0. The van der Waals surface area contributed by atoms with Crippen molar-refractivity contribution in [3.8, 4) is 0 Å². The van der Waals surface area contributed by atoms with Crippen LogP contribution in [0.1, 0.15) is 38.7 Å². The molecular formula is C35H41N3O5. The summed E-state index contributed by atoms with van der Waals surface area (Å²) < 4.78 is 6.96. The van der Waals surface area contributed by atoms with Crippen LogP contribution in [0.3, 0.4) is 0 Å². The van der Waals surface area contributed by atoms with Crippen molar-refractivity contribution in [1.29, 1.82) is 0 Å². The third-order valence-corrected chi connectivity index (χ3v) is 9.60. The summed E-state index contributed by atoms with van der Waals surface area (Å²) in [6.45, 7) is 4.99. The number of anilines is 1. The number of carbonyl (C=O) groups is 3. The lowest BCUT2D eigenvalue weighted by Gasteiger charge is -2.40. The number of amides is 3. The van der Waals surface area contributed by atoms with E-state index in [-0.39, 0.29) is 24.3 Å². The molecule has 1 N–H and O–H groups in total. The molecule has 226 valence electrons. The fraction of sp³-hybridized carbons (Fsp3) is 0.457. The number of hydrogen-bond donors (Lipinski definition) is 1. The average molecular weight is 584 g/mol. The minimum absolute atomic E-state index is 0.195. The zero-order chi connectivity index (χ0) is 30.2. The van der Waals surface area contributed by atoms with Crippen molar-refractivity contribution in [3.05, 3.63) is 90.5 Å². The maximum atomic E-state index is 14.8. The number of nitrogens with zero attached hydrogens (tertiary/aromatic N) is 3. The third-order valence-electron chi connectivity index (χ3n) is 9.60. The molecule has 0 aliphatic carbocycles. The minimum atomic E-state index is -1.35. The SMILES string of the molecule is CCCCCN1CC=C[C@]23O[C@]4(C)C=CCN(c5ccccc5)C(=O)[C@@H]4[C@H]2C(=O)N([C@@H](CO)Cc2ccccc2)C3C1=O. The van der Waals surface area contributed by atoms with Crippen molar-refractivity contribution in [2.75, 3.05) is 31.1 Å². The highest BCUT2D eigenvalue weighted by Crippen LogP contribution is 2.58. The van der Waals surface area contributed by atoms with Crippen molar-refractivity contribution >= 4 is 23.4 Å². The van der Waals surface area contributed by atoms with E-state index in [9.17, 15) is 19.5 Å². The van der Waals surface area contributed by atoms with E-state index in [1.165, 1.54) is 0 Å². The summed E-state index contributed by atoms with van der Waals surface area (Å²) in [6, 6.07) is 17.5. The molecule has 1 unspecified atom stereocenters. The number of benzene rings is 2. The molecule has 6 rings (SSSR count). The van der Waals surface area contributed by atoms with E-state index in [0.717, 1.165) is 30.5 Å². The highest BCUT2D eigenvalue weighted by atomic mass is 16.5. The van der Waals surface area contributed by atoms with Gasteiger partial charge in [0.15, 0.2) is 0 Å². The summed E-state index contributed by atoms with van der Waals surface area (Å²) in [4.78, 5) is 48.9. The molecule has 1 spiro atoms. The number of aliphatic hydroxyl groups is 1. The van der Waals surface area contributed by atoms with Crippen LogP contribution < -0.4 is 4.90 Å². The summed E-state index contributed by atoms with van der Waals surface area (Å²) in [7, 11) is 0. The van der Waals surface area contributed by atoms with Crippen LogP contribution in [0.2, 0.25) is 0 Å². The average Bonchev–Trinajstić information content (AvgIpc) is 3.29. The van der Waals surface area contributed by atoms with Crippen molar-refractivity contribution in [3.63, 3.8) is 0 Å². The first kappa shape index (κ1) is 29.3. The predicted molar refractivity (Wildman–Crippen MR) is 164 cm³/mol. The number of ether oxygens (including phenoxy) is 1. The largest absolute Gasteiger partial charge is 0.394 e. The van der Waals surface area contributed by atoms with Crippen LogP contribution in [0.25, 0.3) is 0 Å². The molecule has 2 saturated heterocycles. The molecule has 2 aromatic rings. The van der Waals surface area contributed by atoms with Gasteiger partial charge in [0, 0.05) is 25.3 Å². The van der Waals surface area contributed by atoms with Gasteiger partial charge in [0.1, 0.15) is 11.6 Å². The number of unbranched alkanes of at least 4 members (excludes halogenated alkanes) is 2. The van der Waals surface area contributed by atoms with Gasteiger partial charge in [-0.05, 0) is 37.5 Å². The number of fused-ring (bicyclic) bond motifs is 2. The molecule has 4 aliphatic heterocycles. The summed E-state index contributed by atoms with van der Waals surface area (Å²) in [5.74, 6) is -2.50. The van der Waals surface area contributed by atoms with Crippen LogP contribution >= 0.6 is 0 Å². The van der Waals surface area contributed by atoms with Gasteiger partial charge in [-0.2, -0.15) is 0 Å². The Bertz CT molecular complexity index is 1410. The molecule has 4 aliphatic rings. The van der Waals surface area contributed by atoms with Gasteiger partial charge in [-0.15, -0.1) is 0 Å². The first-order valence-corrected chi connectivity index (χ1v) is 15.5. The van der Waals surface area contributed by atoms with Crippen molar-refractivity contribution in [2.24, 2.45) is 11.8 Å². The van der Waals surface area contributed by atoms with Crippen LogP contribution in [0, 0.1) is 11.8 Å². The normalized spacial score (nSPS) is 30.6. The molecular weight excluding hydrogens is 542 g/mol. The number of carbonyl (C=O) groups excluding carboxylic acids is 3. The number of likely N-dealkylation sites (tertiary alicyclic amines) is 1. The predicted octanol–water partition coefficient (Wildman–Crippen LogP) is 3.75. The number of para-hydroxylation sites is 1. The molecule has 2 aromatic carbocycles. The molecule has 8 heteroatoms. The van der Waals surface area contributed by atoms with E-state index >= 15 is 0 Å². The van der Waals surface area contributed by atoms with Gasteiger partial charge in [0.2, 0.25) is 17.7 Å². The molecule has 43 heavy (non-hydrogen) atoms. The molecule has 0 bridgehead atoms. The molecule has 3 amide bonds. The van der Waals surface area contributed by atoms with E-state index in [4.69, 9.17) is 4.74 Å². The van der Waals surface area contributed by atoms with Gasteiger partial charge in [-0.25, -0.2) is 0 Å². The van der Waals surface area contributed by atoms with Gasteiger partial charge in [-0.1, -0.05) is 92.6 Å². The summed E-state index contributed by atoms with van der Waals surface area (Å²) >= 11 is 0. The van der Waals surface area contributed by atoms with E-state index < -0.39 is 35.1 Å². The van der Waals surface area contributed by atoms with Gasteiger partial charge >= 0.3 is 0 Å². The highest BCUT2D eigenvalue weighted by Gasteiger charge is 2.75. The quantitative estimate of drug-likeness (QED) is 0.359. The van der Waals surface area contributed by atoms with Crippen molar-refractivity contribution < 1.29 is 24.2 Å². The first-order chi connectivity index (χ1) is 20.8. The lowest BCUT2D eigenvalue weighted by Crippen LogP contribution is -2.59. The van der Waals surface area contributed by atoms with Crippen LogP contribution in [0.4, 0.5) is 5.69 Å². The number of aliphatic hydroxyl groups excluding tert-OH is 1. The molecule has 0 radical (unpaired) electrons. The van der Waals surface area contributed by atoms with E-state index in [1.54, 1.807) is 14.7 Å². The van der Waals surface area contributed by atoms with Crippen LogP contribution in [-0.2, 0) is 25.5 Å². The molecule has 0 saturated carbocycles. The summed E-state index contributed by atoms with van der Waals surface area (Å²) in [5.41, 5.74) is -0.752. The van der Waals surface area contributed by atoms with Gasteiger partial charge in [0.25, 0.3) is 0 Å². The van der Waals surface area contributed by atoms with Gasteiger partial charge in [0.05, 0.1) is 30.1 Å². The maximum Gasteiger partial charge on any atom is 0.249 e. The van der Waals surface area contributed by atoms with E-state index in [0.29, 0.717) is 26.1 Å². The van der Waals surface area contributed by atoms with Crippen LogP contribution in [0.15, 0.2) is 85.0 Å². The van der Waals surface area contributed by atoms with E-state index in [1.807, 2.05) is 91.9 Å². The fourth-order valence-electron chi connectivity index (χ4n) is 7.63. The summed E-state index contributed by atoms with van der Waals surface area (Å²) in [6.07, 6.45) is 10.9. The zero-order valence-corrected chi connectivity index (χ0v) is 25.0. The maximum absolute atomic E-state index is 14.8. The van der Waals surface area contributed by atoms with Crippen molar-refractivity contribution in [1.82, 2.24) is 9.80 Å². The molecule has 6 atom stereocenters. The Morgan fingerprint density at radius 2 is 1.58 bits per heavy atom. The standard InChI is InChI=1S/C35H41N3O5/c1-3-4-11-20-36-21-13-19-35-29(28-31(40)37(26-16-9-6-10-17-26)22-12-18-34(28,2)43-35)32(41)38(30(35)33(36)42)27(24-39)23-25-14-7-5-8-15-25/h5-10,12-19,27-30,39H,3-4,11,20-24H2,1-2H3/t27-,28+,29+,30?,34-,35+/m1/s1. The molecule has 2 fully saturated rings. The molecule has 8 nitrogen and oxygen atoms in total. The Kier molecular flexibility index (Phi) is 8.00. The Labute approximate surface area is 253 Å². The Morgan fingerprint density at radius 3 is 2.28 bits per heavy atom. The van der Waals surface area contributed by atoms with Gasteiger partial charge in [-0.3, -0.25) is 14.4 Å². The van der Waals surface area contributed by atoms with Crippen LogP contribution in [-0.4, -0.2) is 82.2 Å². The van der Waals surface area contributed by atoms with Crippen LogP contribution in [0.5, 0.6) is 0 Å². The molecule has 4 heterocycles. The second-order valence-corrected chi connectivity index (χ2v) is 12.3. The Hall–Kier alpha value is -3.75. The number of hydrogen-bond acceptors (Lipinski definition) is 5. The second-order valence-electron chi connectivity index (χ2n) is 12.3. The smallest absolute Gasteiger partial charge is 0.249 e. The second kappa shape index (κ2) is 11.7. The van der Waals surface area contributed by atoms with Gasteiger partial charge < -0.3 is 24.5 Å². The first-order valence-electron chi connectivity index (χ1n) is 15.5. The Morgan fingerprint density at radius 1 is 0.884 bits per heavy atom. The topological polar surface area (TPSA) is 90.4 Å². The lowest BCUT2D eigenvalue weighted by molar-refractivity contribution is -0.154.